The molecule has 1 aliphatic heterocycles. The van der Waals surface area contributed by atoms with E-state index in [9.17, 15) is 9.59 Å². The molecule has 0 saturated carbocycles. The Morgan fingerprint density at radius 2 is 1.96 bits per heavy atom. The lowest BCUT2D eigenvalue weighted by Crippen LogP contribution is -2.47. The Kier molecular flexibility index (Phi) is 5.55. The van der Waals surface area contributed by atoms with Crippen LogP contribution in [0.2, 0.25) is 0 Å². The monoisotopic (exact) mass is 356 g/mol. The normalized spacial score (nSPS) is 15.1. The van der Waals surface area contributed by atoms with Crippen LogP contribution >= 0.6 is 0 Å². The number of carbonyl (C=O) groups is 2. The van der Waals surface area contributed by atoms with E-state index < -0.39 is 11.9 Å². The van der Waals surface area contributed by atoms with Crippen LogP contribution in [0, 0.1) is 5.92 Å². The zero-order valence-corrected chi connectivity index (χ0v) is 15.1. The van der Waals surface area contributed by atoms with E-state index in [1.807, 2.05) is 26.0 Å². The molecule has 26 heavy (non-hydrogen) atoms. The van der Waals surface area contributed by atoms with Crippen LogP contribution in [0.4, 0.5) is 11.5 Å². The summed E-state index contributed by atoms with van der Waals surface area (Å²) in [6.45, 7) is 5.79. The van der Waals surface area contributed by atoms with E-state index in [1.54, 1.807) is 18.3 Å². The summed E-state index contributed by atoms with van der Waals surface area (Å²) in [5.41, 5.74) is 0.607. The molecule has 1 atom stereocenters. The van der Waals surface area contributed by atoms with E-state index in [0.29, 0.717) is 5.69 Å². The van der Waals surface area contributed by atoms with Crippen molar-refractivity contribution in [1.29, 1.82) is 0 Å². The third kappa shape index (κ3) is 4.22. The number of nitrogens with zero attached hydrogens (tertiary/aromatic N) is 2. The highest BCUT2D eigenvalue weighted by atomic mass is 16.3. The third-order valence-corrected chi connectivity index (χ3v) is 4.43. The van der Waals surface area contributed by atoms with Crippen LogP contribution in [0.5, 0.6) is 0 Å². The van der Waals surface area contributed by atoms with Gasteiger partial charge in [-0.15, -0.1) is 0 Å². The molecule has 2 aromatic heterocycles. The summed E-state index contributed by atoms with van der Waals surface area (Å²) in [4.78, 5) is 31.4. The lowest BCUT2D eigenvalue weighted by atomic mass is 10.0. The van der Waals surface area contributed by atoms with Crippen LogP contribution in [0.15, 0.2) is 41.1 Å². The molecule has 1 unspecified atom stereocenters. The highest BCUT2D eigenvalue weighted by Crippen LogP contribution is 2.19. The zero-order valence-electron chi connectivity index (χ0n) is 15.1. The maximum absolute atomic E-state index is 12.6. The second kappa shape index (κ2) is 8.03. The van der Waals surface area contributed by atoms with Gasteiger partial charge in [-0.2, -0.15) is 0 Å². The Bertz CT molecular complexity index is 735. The number of furan rings is 1. The van der Waals surface area contributed by atoms with E-state index >= 15 is 0 Å². The molecule has 1 fully saturated rings. The predicted molar refractivity (Wildman–Crippen MR) is 99.1 cm³/mol. The summed E-state index contributed by atoms with van der Waals surface area (Å²) in [5, 5.41) is 5.55. The number of aromatic nitrogens is 1. The van der Waals surface area contributed by atoms with Crippen molar-refractivity contribution in [3.63, 3.8) is 0 Å². The number of amides is 2. The summed E-state index contributed by atoms with van der Waals surface area (Å²) >= 11 is 0. The fourth-order valence-corrected chi connectivity index (χ4v) is 2.97. The molecule has 0 radical (unpaired) electrons. The van der Waals surface area contributed by atoms with Gasteiger partial charge in [-0.25, -0.2) is 4.98 Å². The van der Waals surface area contributed by atoms with Crippen molar-refractivity contribution in [2.24, 2.45) is 5.92 Å². The Morgan fingerprint density at radius 1 is 1.19 bits per heavy atom. The van der Waals surface area contributed by atoms with Gasteiger partial charge >= 0.3 is 0 Å². The van der Waals surface area contributed by atoms with Crippen LogP contribution in [-0.2, 0) is 4.79 Å². The van der Waals surface area contributed by atoms with Crippen molar-refractivity contribution < 1.29 is 14.0 Å². The predicted octanol–water partition coefficient (Wildman–Crippen LogP) is 2.67. The number of nitrogens with one attached hydrogen (secondary N) is 2. The van der Waals surface area contributed by atoms with Crippen LogP contribution in [0.3, 0.4) is 0 Å². The first-order valence-electron chi connectivity index (χ1n) is 8.91. The van der Waals surface area contributed by atoms with Crippen LogP contribution in [-0.4, -0.2) is 35.9 Å². The van der Waals surface area contributed by atoms with Crippen LogP contribution < -0.4 is 15.5 Å². The van der Waals surface area contributed by atoms with Gasteiger partial charge in [0.05, 0.1) is 18.1 Å². The molecule has 7 heteroatoms. The van der Waals surface area contributed by atoms with Crippen molar-refractivity contribution in [2.45, 2.75) is 32.7 Å². The number of pyridine rings is 1. The van der Waals surface area contributed by atoms with Gasteiger partial charge in [0.25, 0.3) is 5.91 Å². The topological polar surface area (TPSA) is 87.5 Å². The highest BCUT2D eigenvalue weighted by molar-refractivity contribution is 6.00. The maximum atomic E-state index is 12.6. The Hall–Kier alpha value is -2.83. The zero-order chi connectivity index (χ0) is 18.5. The second-order valence-corrected chi connectivity index (χ2v) is 6.76. The average Bonchev–Trinajstić information content (AvgIpc) is 3.33. The fourth-order valence-electron chi connectivity index (χ4n) is 2.97. The van der Waals surface area contributed by atoms with Gasteiger partial charge in [0.1, 0.15) is 11.9 Å². The van der Waals surface area contributed by atoms with Gasteiger partial charge in [-0.3, -0.25) is 9.59 Å². The Labute approximate surface area is 152 Å². The lowest BCUT2D eigenvalue weighted by molar-refractivity contribution is -0.118. The van der Waals surface area contributed by atoms with Crippen molar-refractivity contribution >= 4 is 23.3 Å². The third-order valence-electron chi connectivity index (χ3n) is 4.43. The second-order valence-electron chi connectivity index (χ2n) is 6.76. The molecule has 7 nitrogen and oxygen atoms in total. The largest absolute Gasteiger partial charge is 0.459 e. The number of rotatable bonds is 6. The standard InChI is InChI=1S/C19H24N4O3/c1-13(2)17(22-18(24)15-6-5-11-26-15)19(25)21-14-7-8-16(20-12-14)23-9-3-4-10-23/h5-8,11-13,17H,3-4,9-10H2,1-2H3,(H,21,25)(H,22,24). The van der Waals surface area contributed by atoms with Gasteiger partial charge in [0.15, 0.2) is 5.76 Å². The van der Waals surface area contributed by atoms with Crippen molar-refractivity contribution in [2.75, 3.05) is 23.3 Å². The molecule has 2 amide bonds. The molecule has 138 valence electrons. The van der Waals surface area contributed by atoms with E-state index in [1.165, 1.54) is 19.1 Å². The molecule has 2 N–H and O–H groups in total. The number of hydrogen-bond donors (Lipinski definition) is 2. The van der Waals surface area contributed by atoms with E-state index in [4.69, 9.17) is 4.42 Å². The summed E-state index contributed by atoms with van der Waals surface area (Å²) in [5.74, 6) is 0.333. The minimum Gasteiger partial charge on any atom is -0.459 e. The maximum Gasteiger partial charge on any atom is 0.287 e. The van der Waals surface area contributed by atoms with Crippen molar-refractivity contribution in [3.8, 4) is 0 Å². The molecule has 2 aromatic rings. The minimum absolute atomic E-state index is 0.0780. The lowest BCUT2D eigenvalue weighted by Gasteiger charge is -2.21. The van der Waals surface area contributed by atoms with Gasteiger partial charge in [-0.05, 0) is 43.0 Å². The Morgan fingerprint density at radius 3 is 2.54 bits per heavy atom. The van der Waals surface area contributed by atoms with Gasteiger partial charge < -0.3 is 20.0 Å². The van der Waals surface area contributed by atoms with Crippen molar-refractivity contribution in [1.82, 2.24) is 10.3 Å². The average molecular weight is 356 g/mol. The molecular weight excluding hydrogens is 332 g/mol. The number of anilines is 2. The summed E-state index contributed by atoms with van der Waals surface area (Å²) in [6.07, 6.45) is 5.45. The molecule has 0 aliphatic carbocycles. The van der Waals surface area contributed by atoms with Crippen LogP contribution in [0.1, 0.15) is 37.2 Å². The smallest absolute Gasteiger partial charge is 0.287 e. The van der Waals surface area contributed by atoms with E-state index in [0.717, 1.165) is 18.9 Å². The minimum atomic E-state index is -0.675. The van der Waals surface area contributed by atoms with Gasteiger partial charge in [0, 0.05) is 13.1 Å². The van der Waals surface area contributed by atoms with E-state index in [2.05, 4.69) is 20.5 Å². The first-order valence-corrected chi connectivity index (χ1v) is 8.91. The van der Waals surface area contributed by atoms with E-state index in [-0.39, 0.29) is 17.6 Å². The SMILES string of the molecule is CC(C)C(NC(=O)c1ccco1)C(=O)Nc1ccc(N2CCCC2)nc1. The molecule has 3 rings (SSSR count). The Balaban J connectivity index is 1.63. The fraction of sp³-hybridized carbons (Fsp3) is 0.421. The van der Waals surface area contributed by atoms with Crippen LogP contribution in [0.25, 0.3) is 0 Å². The quantitative estimate of drug-likeness (QED) is 0.831. The molecule has 3 heterocycles. The van der Waals surface area contributed by atoms with Crippen molar-refractivity contribution in [3.05, 3.63) is 42.5 Å². The molecule has 1 aliphatic rings. The molecule has 0 bridgehead atoms. The first kappa shape index (κ1) is 18.0. The molecule has 0 aromatic carbocycles. The van der Waals surface area contributed by atoms with Gasteiger partial charge in [0.2, 0.25) is 5.91 Å². The number of carbonyl (C=O) groups excluding carboxylic acids is 2. The highest BCUT2D eigenvalue weighted by Gasteiger charge is 2.25. The summed E-state index contributed by atoms with van der Waals surface area (Å²) in [7, 11) is 0. The summed E-state index contributed by atoms with van der Waals surface area (Å²) < 4.78 is 5.08. The van der Waals surface area contributed by atoms with Gasteiger partial charge in [-0.1, -0.05) is 13.8 Å². The molecule has 1 saturated heterocycles. The molecule has 0 spiro atoms. The first-order chi connectivity index (χ1) is 12.5. The summed E-state index contributed by atoms with van der Waals surface area (Å²) in [6, 6.07) is 6.26. The number of hydrogen-bond acceptors (Lipinski definition) is 5. The molecular formula is C19H24N4O3.